The second-order valence-electron chi connectivity index (χ2n) is 8.31. The molecule has 0 saturated heterocycles. The number of hydrogen-bond donors (Lipinski definition) is 2. The smallest absolute Gasteiger partial charge is 0.308 e. The van der Waals surface area contributed by atoms with Crippen LogP contribution in [0.3, 0.4) is 0 Å². The number of methoxy groups -OCH3 is 1. The minimum atomic E-state index is -1.00. The Hall–Kier alpha value is -3.22. The Kier molecular flexibility index (Phi) is 8.20. The van der Waals surface area contributed by atoms with Crippen molar-refractivity contribution in [2.75, 3.05) is 7.11 Å². The maximum absolute atomic E-state index is 13.6. The molecule has 2 aromatic carbocycles. The van der Waals surface area contributed by atoms with Crippen LogP contribution in [0.2, 0.25) is 0 Å². The third-order valence-corrected chi connectivity index (χ3v) is 5.46. The lowest BCUT2D eigenvalue weighted by atomic mass is 10.0. The zero-order chi connectivity index (χ0) is 24.0. The number of halogens is 1. The molecule has 2 unspecified atom stereocenters. The Bertz CT molecular complexity index is 1090. The summed E-state index contributed by atoms with van der Waals surface area (Å²) >= 11 is 0. The van der Waals surface area contributed by atoms with Gasteiger partial charge >= 0.3 is 5.97 Å². The fourth-order valence-electron chi connectivity index (χ4n) is 3.79. The number of ether oxygens (including phenoxy) is 1. The minimum absolute atomic E-state index is 0.00930. The summed E-state index contributed by atoms with van der Waals surface area (Å²) in [5.41, 5.74) is 4.76. The highest BCUT2D eigenvalue weighted by molar-refractivity contribution is 5.84. The predicted molar refractivity (Wildman–Crippen MR) is 128 cm³/mol. The Labute approximate surface area is 193 Å². The van der Waals surface area contributed by atoms with E-state index in [4.69, 9.17) is 0 Å². The van der Waals surface area contributed by atoms with Gasteiger partial charge in [0.25, 0.3) is 0 Å². The van der Waals surface area contributed by atoms with Crippen LogP contribution in [-0.2, 0) is 9.53 Å². The van der Waals surface area contributed by atoms with Gasteiger partial charge in [0, 0.05) is 23.9 Å². The average molecular weight is 452 g/mol. The van der Waals surface area contributed by atoms with Crippen molar-refractivity contribution >= 4 is 12.2 Å². The van der Waals surface area contributed by atoms with Gasteiger partial charge < -0.3 is 19.5 Å². The summed E-state index contributed by atoms with van der Waals surface area (Å²) in [5.74, 6) is -0.646. The van der Waals surface area contributed by atoms with Crippen molar-refractivity contribution in [1.82, 2.24) is 4.57 Å². The first-order valence-corrected chi connectivity index (χ1v) is 11.0. The highest BCUT2D eigenvalue weighted by Gasteiger charge is 2.20. The second kappa shape index (κ2) is 11.1. The summed E-state index contributed by atoms with van der Waals surface area (Å²) in [5, 5.41) is 20.5. The molecule has 0 radical (unpaired) electrons. The molecule has 3 rings (SSSR count). The molecular formula is C27H30FNO4. The molecule has 2 N–H and O–H groups in total. The Morgan fingerprint density at radius 1 is 1.06 bits per heavy atom. The molecule has 0 aliphatic heterocycles. The van der Waals surface area contributed by atoms with Crippen molar-refractivity contribution in [3.8, 4) is 22.4 Å². The van der Waals surface area contributed by atoms with E-state index in [1.165, 1.54) is 19.2 Å². The van der Waals surface area contributed by atoms with Crippen LogP contribution in [0.5, 0.6) is 0 Å². The quantitative estimate of drug-likeness (QED) is 0.437. The van der Waals surface area contributed by atoms with Gasteiger partial charge in [0.05, 0.1) is 31.4 Å². The van der Waals surface area contributed by atoms with Gasteiger partial charge in [-0.1, -0.05) is 56.3 Å². The minimum Gasteiger partial charge on any atom is -0.469 e. The molecule has 0 fully saturated rings. The summed E-state index contributed by atoms with van der Waals surface area (Å²) in [4.78, 5) is 11.4. The van der Waals surface area contributed by atoms with Crippen molar-refractivity contribution < 1.29 is 24.1 Å². The molecule has 0 saturated carbocycles. The largest absolute Gasteiger partial charge is 0.469 e. The van der Waals surface area contributed by atoms with E-state index < -0.39 is 18.2 Å². The van der Waals surface area contributed by atoms with E-state index >= 15 is 0 Å². The number of aliphatic hydroxyl groups is 2. The molecule has 2 atom stereocenters. The van der Waals surface area contributed by atoms with E-state index in [-0.39, 0.29) is 24.6 Å². The summed E-state index contributed by atoms with van der Waals surface area (Å²) in [7, 11) is 1.26. The van der Waals surface area contributed by atoms with Crippen molar-refractivity contribution in [3.63, 3.8) is 0 Å². The van der Waals surface area contributed by atoms with Gasteiger partial charge in [-0.3, -0.25) is 4.79 Å². The zero-order valence-electron chi connectivity index (χ0n) is 19.1. The van der Waals surface area contributed by atoms with Crippen LogP contribution in [0, 0.1) is 5.82 Å². The van der Waals surface area contributed by atoms with Crippen molar-refractivity contribution in [3.05, 3.63) is 78.3 Å². The molecule has 0 amide bonds. The molecule has 0 aliphatic carbocycles. The first-order chi connectivity index (χ1) is 15.8. The number of esters is 1. The number of nitrogens with zero attached hydrogens (tertiary/aromatic N) is 1. The Morgan fingerprint density at radius 3 is 2.33 bits per heavy atom. The van der Waals surface area contributed by atoms with Crippen LogP contribution >= 0.6 is 0 Å². The molecule has 0 aliphatic rings. The highest BCUT2D eigenvalue weighted by Crippen LogP contribution is 2.38. The maximum atomic E-state index is 13.6. The van der Waals surface area contributed by atoms with Crippen LogP contribution in [0.4, 0.5) is 4.39 Å². The standard InChI is InChI=1S/C27H30FNO4/c1-18(2)25-17-24(19-9-11-21(28)12-10-19)27(20-7-5-4-6-8-20)29(25)14-13-22(30)15-23(31)16-26(32)33-3/h4-14,17-18,22-23,30-31H,15-16H2,1-3H3/b14-13+. The molecule has 0 spiro atoms. The predicted octanol–water partition coefficient (Wildman–Crippen LogP) is 5.23. The van der Waals surface area contributed by atoms with Crippen LogP contribution < -0.4 is 0 Å². The van der Waals surface area contributed by atoms with E-state index in [1.54, 1.807) is 24.4 Å². The molecule has 6 heteroatoms. The molecule has 1 aromatic heterocycles. The number of hydrogen-bond acceptors (Lipinski definition) is 4. The van der Waals surface area contributed by atoms with E-state index in [2.05, 4.69) is 24.7 Å². The van der Waals surface area contributed by atoms with Gasteiger partial charge in [0.15, 0.2) is 0 Å². The number of rotatable bonds is 9. The summed E-state index contributed by atoms with van der Waals surface area (Å²) in [6.45, 7) is 4.17. The van der Waals surface area contributed by atoms with Crippen LogP contribution in [-0.4, -0.2) is 40.1 Å². The topological polar surface area (TPSA) is 71.7 Å². The lowest BCUT2D eigenvalue weighted by Crippen LogP contribution is -2.20. The number of carbonyl (C=O) groups excluding carboxylic acids is 1. The fraction of sp³-hybridized carbons (Fsp3) is 0.296. The highest BCUT2D eigenvalue weighted by atomic mass is 19.1. The van der Waals surface area contributed by atoms with Crippen molar-refractivity contribution in [2.24, 2.45) is 0 Å². The van der Waals surface area contributed by atoms with Crippen molar-refractivity contribution in [2.45, 2.75) is 44.8 Å². The summed E-state index contributed by atoms with van der Waals surface area (Å²) in [6.07, 6.45) is 1.27. The molecule has 174 valence electrons. The van der Waals surface area contributed by atoms with Gasteiger partial charge in [0.1, 0.15) is 5.82 Å². The molecular weight excluding hydrogens is 421 g/mol. The average Bonchev–Trinajstić information content (AvgIpc) is 3.18. The first kappa shape index (κ1) is 24.4. The Morgan fingerprint density at radius 2 is 1.73 bits per heavy atom. The van der Waals surface area contributed by atoms with Gasteiger partial charge in [-0.25, -0.2) is 4.39 Å². The number of benzene rings is 2. The van der Waals surface area contributed by atoms with Crippen LogP contribution in [0.25, 0.3) is 28.6 Å². The molecule has 0 bridgehead atoms. The van der Waals surface area contributed by atoms with Crippen molar-refractivity contribution in [1.29, 1.82) is 0 Å². The maximum Gasteiger partial charge on any atom is 0.308 e. The molecule has 33 heavy (non-hydrogen) atoms. The molecule has 5 nitrogen and oxygen atoms in total. The van der Waals surface area contributed by atoms with Gasteiger partial charge in [-0.15, -0.1) is 0 Å². The zero-order valence-corrected chi connectivity index (χ0v) is 19.1. The third-order valence-electron chi connectivity index (χ3n) is 5.46. The summed E-state index contributed by atoms with van der Waals surface area (Å²) < 4.78 is 20.1. The molecule has 3 aromatic rings. The van der Waals surface area contributed by atoms with E-state index in [0.29, 0.717) is 0 Å². The lowest BCUT2D eigenvalue weighted by Gasteiger charge is -2.15. The second-order valence-corrected chi connectivity index (χ2v) is 8.31. The Balaban J connectivity index is 2.03. The van der Waals surface area contributed by atoms with Gasteiger partial charge in [-0.2, -0.15) is 0 Å². The number of aromatic nitrogens is 1. The normalized spacial score (nSPS) is 13.4. The van der Waals surface area contributed by atoms with Crippen LogP contribution in [0.15, 0.2) is 66.7 Å². The first-order valence-electron chi connectivity index (χ1n) is 11.0. The fourth-order valence-corrected chi connectivity index (χ4v) is 3.79. The SMILES string of the molecule is COC(=O)CC(O)CC(O)/C=C/n1c(C(C)C)cc(-c2ccc(F)cc2)c1-c1ccccc1. The van der Waals surface area contributed by atoms with E-state index in [0.717, 1.165) is 28.1 Å². The number of carbonyl (C=O) groups is 1. The lowest BCUT2D eigenvalue weighted by molar-refractivity contribution is -0.143. The monoisotopic (exact) mass is 451 g/mol. The van der Waals surface area contributed by atoms with E-state index in [9.17, 15) is 19.4 Å². The van der Waals surface area contributed by atoms with Crippen LogP contribution in [0.1, 0.15) is 38.3 Å². The van der Waals surface area contributed by atoms with Gasteiger partial charge in [-0.05, 0) is 41.3 Å². The van der Waals surface area contributed by atoms with Gasteiger partial charge in [0.2, 0.25) is 0 Å². The number of aliphatic hydroxyl groups excluding tert-OH is 2. The molecule has 1 heterocycles. The summed E-state index contributed by atoms with van der Waals surface area (Å²) in [6, 6.07) is 18.4. The third kappa shape index (κ3) is 6.18. The van der Waals surface area contributed by atoms with E-state index in [1.807, 2.05) is 34.9 Å².